The summed E-state index contributed by atoms with van der Waals surface area (Å²) in [6, 6.07) is 35.9. The second kappa shape index (κ2) is 10.9. The molecule has 2 atom stereocenters. The van der Waals surface area contributed by atoms with Crippen molar-refractivity contribution in [3.63, 3.8) is 0 Å². The average Bonchev–Trinajstić information content (AvgIpc) is 3.74. The third kappa shape index (κ3) is 4.44. The van der Waals surface area contributed by atoms with E-state index in [2.05, 4.69) is 161 Å². The average molecular weight is 713 g/mol. The Balaban J connectivity index is 0.00000171. The van der Waals surface area contributed by atoms with Crippen LogP contribution in [0.15, 0.2) is 121 Å². The maximum Gasteiger partial charge on any atom is -0.147 e. The molecule has 0 saturated carbocycles. The first-order valence-corrected chi connectivity index (χ1v) is 28.7. The van der Waals surface area contributed by atoms with Crippen LogP contribution in [0.25, 0.3) is 45.3 Å². The number of fused-ring (bicyclic) bond motifs is 4. The second-order valence-electron chi connectivity index (χ2n) is 13.6. The van der Waals surface area contributed by atoms with Gasteiger partial charge in [-0.1, -0.05) is 0 Å². The smallest absolute Gasteiger partial charge is 0.147 e. The maximum absolute atomic E-state index is 3.60. The monoisotopic (exact) mass is 710 g/mol. The van der Waals surface area contributed by atoms with Crippen LogP contribution in [-0.2, 0) is 17.4 Å². The number of aromatic nitrogens is 2. The van der Waals surface area contributed by atoms with E-state index in [-0.39, 0.29) is 24.8 Å². The molecule has 0 N–H and O–H groups in total. The molecule has 2 unspecified atom stereocenters. The predicted molar refractivity (Wildman–Crippen MR) is 194 cm³/mol. The SMILES string of the molecule is CC1=Cc2c(cccc2-n2ccc3ccccc32)[CH]1[Zr]([CH3])([CH3])(=[SiH2])[CH]1C(C)=Cc2c1cccc2-n1ccc2ccccc21.Cl.Cl. The Labute approximate surface area is 274 Å². The molecule has 0 spiro atoms. The molecule has 0 aliphatic heterocycles. The Morgan fingerprint density at radius 1 is 0.545 bits per heavy atom. The van der Waals surface area contributed by atoms with Gasteiger partial charge in [0, 0.05) is 0 Å². The third-order valence-electron chi connectivity index (χ3n) is 10.1. The molecule has 0 bridgehead atoms. The van der Waals surface area contributed by atoms with E-state index in [0.29, 0.717) is 7.25 Å². The summed E-state index contributed by atoms with van der Waals surface area (Å²) in [5, 5.41) is 2.57. The molecule has 2 nitrogen and oxygen atoms in total. The number of para-hydroxylation sites is 2. The molecule has 2 aliphatic carbocycles. The minimum Gasteiger partial charge on any atom is -0.147 e. The molecule has 4 aromatic carbocycles. The molecule has 0 radical (unpaired) electrons. The van der Waals surface area contributed by atoms with Crippen LogP contribution >= 0.6 is 24.8 Å². The van der Waals surface area contributed by atoms with Crippen molar-refractivity contribution in [1.29, 1.82) is 0 Å². The Morgan fingerprint density at radius 2 is 0.955 bits per heavy atom. The van der Waals surface area contributed by atoms with Gasteiger partial charge in [0.25, 0.3) is 0 Å². The number of halogens is 2. The molecule has 0 fully saturated rings. The summed E-state index contributed by atoms with van der Waals surface area (Å²) in [6.07, 6.45) is 9.49. The number of benzene rings is 4. The van der Waals surface area contributed by atoms with Crippen LogP contribution in [0, 0.1) is 0 Å². The zero-order valence-electron chi connectivity index (χ0n) is 25.6. The van der Waals surface area contributed by atoms with Gasteiger partial charge in [-0.05, 0) is 0 Å². The van der Waals surface area contributed by atoms with Crippen LogP contribution in [-0.4, -0.2) is 16.0 Å². The Morgan fingerprint density at radius 3 is 1.39 bits per heavy atom. The van der Waals surface area contributed by atoms with Crippen molar-refractivity contribution >= 4 is 65.7 Å². The van der Waals surface area contributed by atoms with Crippen LogP contribution in [0.1, 0.15) is 43.4 Å². The molecule has 8 rings (SSSR count). The molecular weight excluding hydrogens is 675 g/mol. The van der Waals surface area contributed by atoms with E-state index >= 15 is 0 Å². The van der Waals surface area contributed by atoms with Crippen molar-refractivity contribution in [2.45, 2.75) is 30.4 Å². The largest absolute Gasteiger partial charge is 0.147 e. The van der Waals surface area contributed by atoms with Crippen molar-refractivity contribution in [2.24, 2.45) is 0 Å². The summed E-state index contributed by atoms with van der Waals surface area (Å²) < 4.78 is 11.2. The van der Waals surface area contributed by atoms with Crippen LogP contribution in [0.2, 0.25) is 9.26 Å². The summed E-state index contributed by atoms with van der Waals surface area (Å²) in [5.41, 5.74) is 14.1. The molecule has 2 aromatic heterocycles. The zero-order chi connectivity index (χ0) is 28.8. The first-order valence-electron chi connectivity index (χ1n) is 15.0. The van der Waals surface area contributed by atoms with Crippen molar-refractivity contribution in [2.75, 3.05) is 0 Å². The Bertz CT molecular complexity index is 2080. The summed E-state index contributed by atoms with van der Waals surface area (Å²) in [7, 11) is 0. The fourth-order valence-electron chi connectivity index (χ4n) is 8.76. The number of hydrogen-bond acceptors (Lipinski definition) is 0. The maximum atomic E-state index is 2.73. The molecule has 44 heavy (non-hydrogen) atoms. The quantitative estimate of drug-likeness (QED) is 0.161. The third-order valence-corrected chi connectivity index (χ3v) is 28.0. The standard InChI is InChI=1S/2C18H14N.2CH3.2ClH.H2Si.Zr/c2*1-13-11-15-6-4-8-18(16(15)12-13)19-10-9-14-5-2-3-7-17(14)19;;;;;;/h2*2-12H,1H3;2*1H3;2*1H;1H2;. The molecule has 6 heteroatoms. The van der Waals surface area contributed by atoms with Gasteiger partial charge in [-0.3, -0.25) is 0 Å². The fraction of sp³-hybridized carbons (Fsp3) is 0.158. The van der Waals surface area contributed by atoms with Crippen LogP contribution < -0.4 is 0 Å². The van der Waals surface area contributed by atoms with E-state index in [1.807, 2.05) is 0 Å². The molecule has 0 saturated heterocycles. The summed E-state index contributed by atoms with van der Waals surface area (Å²) >= 11 is -3.60. The van der Waals surface area contributed by atoms with E-state index in [4.69, 9.17) is 0 Å². The molecule has 2 heterocycles. The van der Waals surface area contributed by atoms with Crippen molar-refractivity contribution in [3.05, 3.63) is 143 Å². The molecule has 6 aromatic rings. The zero-order valence-corrected chi connectivity index (χ0v) is 31.1. The Kier molecular flexibility index (Phi) is 7.69. The van der Waals surface area contributed by atoms with Gasteiger partial charge in [0.1, 0.15) is 0 Å². The Hall–Kier alpha value is -2.88. The van der Waals surface area contributed by atoms with Crippen molar-refractivity contribution in [3.8, 4) is 11.4 Å². The van der Waals surface area contributed by atoms with Gasteiger partial charge in [-0.15, -0.1) is 24.8 Å². The van der Waals surface area contributed by atoms with Crippen molar-refractivity contribution < 1.29 is 17.4 Å². The van der Waals surface area contributed by atoms with Crippen LogP contribution in [0.3, 0.4) is 0 Å². The summed E-state index contributed by atoms with van der Waals surface area (Å²) in [4.78, 5) is 0. The van der Waals surface area contributed by atoms with Crippen LogP contribution in [0.5, 0.6) is 0 Å². The summed E-state index contributed by atoms with van der Waals surface area (Å²) in [6.45, 7) is 7.21. The topological polar surface area (TPSA) is 9.86 Å². The van der Waals surface area contributed by atoms with E-state index in [1.165, 1.54) is 66.6 Å². The van der Waals surface area contributed by atoms with E-state index < -0.39 is 17.4 Å². The number of hydrogen-bond donors (Lipinski definition) is 0. The molecule has 0 amide bonds. The second-order valence-corrected chi connectivity index (χ2v) is 44.1. The van der Waals surface area contributed by atoms with Gasteiger partial charge in [-0.2, -0.15) is 0 Å². The number of rotatable bonds is 4. The van der Waals surface area contributed by atoms with Crippen LogP contribution in [0.4, 0.5) is 0 Å². The summed E-state index contributed by atoms with van der Waals surface area (Å²) in [5.74, 6) is 0. The minimum atomic E-state index is -3.60. The molecule has 222 valence electrons. The van der Waals surface area contributed by atoms with Gasteiger partial charge in [0.15, 0.2) is 0 Å². The first-order chi connectivity index (χ1) is 20.2. The predicted octanol–water partition coefficient (Wildman–Crippen LogP) is 10.4. The first kappa shape index (κ1) is 31.1. The number of nitrogens with zero attached hydrogens (tertiary/aromatic N) is 2. The number of allylic oxidation sites excluding steroid dienone is 2. The van der Waals surface area contributed by atoms with Gasteiger partial charge in [0.05, 0.1) is 0 Å². The molecular formula is C38H38Cl2N2SiZr. The van der Waals surface area contributed by atoms with Crippen molar-refractivity contribution in [1.82, 2.24) is 9.13 Å². The van der Waals surface area contributed by atoms with Gasteiger partial charge in [-0.25, -0.2) is 0 Å². The van der Waals surface area contributed by atoms with Gasteiger partial charge in [0.2, 0.25) is 0 Å². The normalized spacial score (nSPS) is 17.5. The van der Waals surface area contributed by atoms with E-state index in [0.717, 1.165) is 0 Å². The van der Waals surface area contributed by atoms with Gasteiger partial charge < -0.3 is 0 Å². The van der Waals surface area contributed by atoms with E-state index in [1.54, 1.807) is 0 Å². The fourth-order valence-corrected chi connectivity index (χ4v) is 30.0. The van der Waals surface area contributed by atoms with Gasteiger partial charge >= 0.3 is 252 Å². The van der Waals surface area contributed by atoms with E-state index in [9.17, 15) is 0 Å². The molecule has 2 aliphatic rings. The minimum absolute atomic E-state index is 0.